The fourth-order valence-electron chi connectivity index (χ4n) is 6.22. The number of amides is 1. The van der Waals surface area contributed by atoms with E-state index in [2.05, 4.69) is 26.0 Å². The molecule has 0 aliphatic carbocycles. The molecule has 0 radical (unpaired) electrons. The number of aromatic nitrogens is 2. The maximum absolute atomic E-state index is 14.3. The number of hydrogen-bond donors (Lipinski definition) is 0. The highest BCUT2D eigenvalue weighted by atomic mass is 32.1. The smallest absolute Gasteiger partial charge is 0.338 e. The lowest BCUT2D eigenvalue weighted by Gasteiger charge is -2.27. The molecule has 2 aliphatic heterocycles. The number of rotatable bonds is 9. The van der Waals surface area contributed by atoms with Crippen LogP contribution >= 0.6 is 11.3 Å². The Balaban J connectivity index is 1.48. The van der Waals surface area contributed by atoms with Gasteiger partial charge in [0.1, 0.15) is 6.54 Å². The highest BCUT2D eigenvalue weighted by Gasteiger charge is 2.34. The molecular formula is C36H40N4O5S. The minimum atomic E-state index is -0.660. The number of allylic oxidation sites excluding steroid dienone is 1. The third kappa shape index (κ3) is 6.11. The van der Waals surface area contributed by atoms with Crippen molar-refractivity contribution in [1.29, 1.82) is 0 Å². The quantitative estimate of drug-likeness (QED) is 0.251. The monoisotopic (exact) mass is 640 g/mol. The molecule has 0 N–H and O–H groups in total. The Morgan fingerprint density at radius 1 is 1.09 bits per heavy atom. The maximum Gasteiger partial charge on any atom is 0.338 e. The van der Waals surface area contributed by atoms with Gasteiger partial charge in [0.25, 0.3) is 5.56 Å². The van der Waals surface area contributed by atoms with Crippen molar-refractivity contribution in [3.63, 3.8) is 0 Å². The minimum absolute atomic E-state index is 0.0356. The third-order valence-corrected chi connectivity index (χ3v) is 9.57. The fraction of sp³-hybridized carbons (Fsp3) is 0.389. The Kier molecular flexibility index (Phi) is 9.37. The molecule has 2 aromatic carbocycles. The van der Waals surface area contributed by atoms with Crippen LogP contribution in [-0.4, -0.2) is 58.8 Å². The van der Waals surface area contributed by atoms with Gasteiger partial charge in [0.2, 0.25) is 5.91 Å². The van der Waals surface area contributed by atoms with Gasteiger partial charge in [-0.1, -0.05) is 81.0 Å². The van der Waals surface area contributed by atoms with Crippen molar-refractivity contribution < 1.29 is 19.1 Å². The minimum Gasteiger partial charge on any atom is -0.463 e. The molecule has 1 amide bonds. The van der Waals surface area contributed by atoms with E-state index in [-0.39, 0.29) is 24.6 Å². The van der Waals surface area contributed by atoms with Crippen molar-refractivity contribution in [2.45, 2.75) is 59.0 Å². The second-order valence-corrected chi connectivity index (χ2v) is 13.0. The van der Waals surface area contributed by atoms with Crippen LogP contribution in [-0.2, 0) is 25.6 Å². The lowest BCUT2D eigenvalue weighted by Crippen LogP contribution is -2.42. The molecular weight excluding hydrogens is 600 g/mol. The molecule has 46 heavy (non-hydrogen) atoms. The lowest BCUT2D eigenvalue weighted by molar-refractivity contribution is -0.139. The zero-order chi connectivity index (χ0) is 32.4. The summed E-state index contributed by atoms with van der Waals surface area (Å²) in [5.41, 5.74) is 4.62. The number of ether oxygens (including phenoxy) is 2. The van der Waals surface area contributed by atoms with Gasteiger partial charge in [-0.25, -0.2) is 9.79 Å². The Hall–Kier alpha value is -4.28. The van der Waals surface area contributed by atoms with Gasteiger partial charge in [-0.3, -0.25) is 14.2 Å². The molecule has 6 rings (SSSR count). The number of hydrogen-bond acceptors (Lipinski definition) is 7. The van der Waals surface area contributed by atoms with Gasteiger partial charge in [0, 0.05) is 35.8 Å². The molecule has 1 fully saturated rings. The summed E-state index contributed by atoms with van der Waals surface area (Å²) in [6.07, 6.45) is 5.20. The average molecular weight is 641 g/mol. The number of thiazole rings is 1. The average Bonchev–Trinajstić information content (AvgIpc) is 3.57. The van der Waals surface area contributed by atoms with E-state index in [1.54, 1.807) is 11.5 Å². The molecule has 0 unspecified atom stereocenters. The van der Waals surface area contributed by atoms with Gasteiger partial charge < -0.3 is 18.9 Å². The number of fused-ring (bicyclic) bond motifs is 2. The summed E-state index contributed by atoms with van der Waals surface area (Å²) in [6, 6.07) is 15.4. The van der Waals surface area contributed by atoms with Crippen molar-refractivity contribution in [3.05, 3.63) is 102 Å². The molecule has 240 valence electrons. The van der Waals surface area contributed by atoms with E-state index in [0.29, 0.717) is 59.2 Å². The summed E-state index contributed by atoms with van der Waals surface area (Å²) in [6.45, 7) is 10.8. The van der Waals surface area contributed by atoms with E-state index in [4.69, 9.17) is 14.5 Å². The molecule has 9 nitrogen and oxygen atoms in total. The molecule has 4 heterocycles. The van der Waals surface area contributed by atoms with E-state index in [1.165, 1.54) is 16.9 Å². The van der Waals surface area contributed by atoms with Crippen LogP contribution in [0.1, 0.15) is 69.2 Å². The summed E-state index contributed by atoms with van der Waals surface area (Å²) in [7, 11) is 0. The van der Waals surface area contributed by atoms with Crippen molar-refractivity contribution in [1.82, 2.24) is 14.0 Å². The first kappa shape index (κ1) is 31.7. The van der Waals surface area contributed by atoms with E-state index >= 15 is 0 Å². The van der Waals surface area contributed by atoms with Crippen LogP contribution in [0.15, 0.2) is 75.8 Å². The summed E-state index contributed by atoms with van der Waals surface area (Å²) in [5.74, 6) is -0.0682. The summed E-state index contributed by atoms with van der Waals surface area (Å²) < 4.78 is 15.1. The number of carbonyl (C=O) groups excluding carboxylic acids is 2. The van der Waals surface area contributed by atoms with Gasteiger partial charge in [0.15, 0.2) is 4.80 Å². The van der Waals surface area contributed by atoms with Gasteiger partial charge in [-0.15, -0.1) is 0 Å². The van der Waals surface area contributed by atoms with Crippen molar-refractivity contribution >= 4 is 40.2 Å². The van der Waals surface area contributed by atoms with Crippen LogP contribution in [0, 0.1) is 0 Å². The summed E-state index contributed by atoms with van der Waals surface area (Å²) >= 11 is 1.32. The number of para-hydroxylation sites is 1. The lowest BCUT2D eigenvalue weighted by atomic mass is 9.92. The SMILES string of the molecule is CCCC1=C(C(=O)OCC)[C@H](c2ccc(C(C)C)cc2)n2c(s/c(=C/c3cn(CC(=O)N4CCOCC4)c4ccccc34)c2=O)=N1. The van der Waals surface area contributed by atoms with Crippen LogP contribution in [0.25, 0.3) is 17.0 Å². The van der Waals surface area contributed by atoms with Crippen LogP contribution < -0.4 is 14.9 Å². The van der Waals surface area contributed by atoms with Gasteiger partial charge in [-0.2, -0.15) is 0 Å². The number of carbonyl (C=O) groups is 2. The van der Waals surface area contributed by atoms with Gasteiger partial charge >= 0.3 is 5.97 Å². The Labute approximate surface area is 272 Å². The standard InChI is InChI=1S/C36H40N4O5S/c1-5-9-28-32(35(43)45-6-2)33(25-14-12-24(13-15-25)23(3)4)40-34(42)30(46-36(40)37-28)20-26-21-39(29-11-8-7-10-27(26)29)22-31(41)38-16-18-44-19-17-38/h7-8,10-15,20-21,23,33H,5-6,9,16-19,22H2,1-4H3/b30-20+/t33-/m0/s1. The predicted octanol–water partition coefficient (Wildman–Crippen LogP) is 4.52. The highest BCUT2D eigenvalue weighted by molar-refractivity contribution is 7.07. The molecule has 10 heteroatoms. The number of nitrogens with zero attached hydrogens (tertiary/aromatic N) is 4. The van der Waals surface area contributed by atoms with Gasteiger partial charge in [-0.05, 0) is 42.5 Å². The second kappa shape index (κ2) is 13.6. The predicted molar refractivity (Wildman–Crippen MR) is 180 cm³/mol. The number of morpholine rings is 1. The number of benzene rings is 2. The molecule has 1 saturated heterocycles. The summed E-state index contributed by atoms with van der Waals surface area (Å²) in [4.78, 5) is 48.3. The fourth-order valence-corrected chi connectivity index (χ4v) is 7.23. The van der Waals surface area contributed by atoms with E-state index in [1.807, 2.05) is 65.1 Å². The Bertz CT molecular complexity index is 1980. The van der Waals surface area contributed by atoms with Crippen molar-refractivity contribution in [2.24, 2.45) is 4.99 Å². The molecule has 0 bridgehead atoms. The molecule has 0 spiro atoms. The Morgan fingerprint density at radius 3 is 2.52 bits per heavy atom. The van der Waals surface area contributed by atoms with Crippen molar-refractivity contribution in [3.8, 4) is 0 Å². The van der Waals surface area contributed by atoms with Gasteiger partial charge in [0.05, 0.1) is 41.7 Å². The van der Waals surface area contributed by atoms with E-state index in [0.717, 1.165) is 28.5 Å². The molecule has 2 aromatic heterocycles. The van der Waals surface area contributed by atoms with Crippen LogP contribution in [0.5, 0.6) is 0 Å². The van der Waals surface area contributed by atoms with Crippen LogP contribution in [0.3, 0.4) is 0 Å². The maximum atomic E-state index is 14.3. The Morgan fingerprint density at radius 2 is 1.83 bits per heavy atom. The first-order chi connectivity index (χ1) is 22.3. The normalized spacial score (nSPS) is 17.0. The first-order valence-electron chi connectivity index (χ1n) is 16.1. The molecule has 2 aliphatic rings. The second-order valence-electron chi connectivity index (χ2n) is 12.0. The largest absolute Gasteiger partial charge is 0.463 e. The van der Waals surface area contributed by atoms with E-state index in [9.17, 15) is 14.4 Å². The summed E-state index contributed by atoms with van der Waals surface area (Å²) in [5, 5.41) is 0.947. The molecule has 1 atom stereocenters. The zero-order valence-corrected chi connectivity index (χ0v) is 27.6. The van der Waals surface area contributed by atoms with Crippen LogP contribution in [0.4, 0.5) is 0 Å². The molecule has 0 saturated carbocycles. The molecule has 4 aromatic rings. The first-order valence-corrected chi connectivity index (χ1v) is 16.9. The third-order valence-electron chi connectivity index (χ3n) is 8.59. The topological polar surface area (TPSA) is 95.1 Å². The van der Waals surface area contributed by atoms with Crippen LogP contribution in [0.2, 0.25) is 0 Å². The van der Waals surface area contributed by atoms with E-state index < -0.39 is 12.0 Å². The number of esters is 1. The zero-order valence-electron chi connectivity index (χ0n) is 26.8. The van der Waals surface area contributed by atoms with Crippen molar-refractivity contribution in [2.75, 3.05) is 32.9 Å². The highest BCUT2D eigenvalue weighted by Crippen LogP contribution is 2.33.